The number of piperazine rings is 1. The molecule has 1 heterocycles. The standard InChI is InChI=1S/C20H31N5O5S/c1-23(18-9-4-3-5-10-18)31(28,29)25-13-11-24(12-14-25)19(26)21-16-7-6-8-17(15-16)22-20(27)30-2/h6-8,15,18H,3-5,9-14H2,1-2H3,(H,21,26)(H,22,27). The van der Waals surface area contributed by atoms with Crippen LogP contribution in [0, 0.1) is 0 Å². The average Bonchev–Trinajstić information content (AvgIpc) is 2.79. The Bertz CT molecular complexity index is 880. The van der Waals surface area contributed by atoms with Crippen molar-refractivity contribution in [2.45, 2.75) is 38.1 Å². The van der Waals surface area contributed by atoms with Gasteiger partial charge in [-0.25, -0.2) is 9.59 Å². The minimum absolute atomic E-state index is 0.0611. The van der Waals surface area contributed by atoms with E-state index in [0.29, 0.717) is 24.5 Å². The Kier molecular flexibility index (Phi) is 7.74. The number of hydrogen-bond donors (Lipinski definition) is 2. The molecule has 1 aliphatic carbocycles. The molecule has 1 aliphatic heterocycles. The minimum Gasteiger partial charge on any atom is -0.453 e. The number of methoxy groups -OCH3 is 1. The minimum atomic E-state index is -3.53. The van der Waals surface area contributed by atoms with Crippen LogP contribution < -0.4 is 10.6 Å². The van der Waals surface area contributed by atoms with E-state index in [-0.39, 0.29) is 25.2 Å². The fraction of sp³-hybridized carbons (Fsp3) is 0.600. The van der Waals surface area contributed by atoms with Gasteiger partial charge in [0.1, 0.15) is 0 Å². The number of nitrogens with one attached hydrogen (secondary N) is 2. The molecule has 1 aromatic carbocycles. The van der Waals surface area contributed by atoms with E-state index >= 15 is 0 Å². The van der Waals surface area contributed by atoms with Gasteiger partial charge in [-0.15, -0.1) is 0 Å². The Balaban J connectivity index is 1.54. The lowest BCUT2D eigenvalue weighted by atomic mass is 9.96. The molecule has 0 aromatic heterocycles. The zero-order chi connectivity index (χ0) is 22.4. The van der Waals surface area contributed by atoms with Crippen LogP contribution in [0.15, 0.2) is 24.3 Å². The summed E-state index contributed by atoms with van der Waals surface area (Å²) in [6, 6.07) is 6.46. The number of ether oxygens (including phenoxy) is 1. The number of benzene rings is 1. The van der Waals surface area contributed by atoms with Crippen molar-refractivity contribution in [1.29, 1.82) is 0 Å². The van der Waals surface area contributed by atoms with Crippen molar-refractivity contribution >= 4 is 33.7 Å². The van der Waals surface area contributed by atoms with Crippen molar-refractivity contribution in [3.8, 4) is 0 Å². The van der Waals surface area contributed by atoms with Crippen LogP contribution in [0.1, 0.15) is 32.1 Å². The van der Waals surface area contributed by atoms with Crippen LogP contribution >= 0.6 is 0 Å². The number of carbonyl (C=O) groups excluding carboxylic acids is 2. The fourth-order valence-corrected chi connectivity index (χ4v) is 5.56. The summed E-state index contributed by atoms with van der Waals surface area (Å²) < 4.78 is 33.5. The number of carbonyl (C=O) groups is 2. The lowest BCUT2D eigenvalue weighted by Crippen LogP contribution is -2.55. The molecule has 0 spiro atoms. The first kappa shape index (κ1) is 23.3. The van der Waals surface area contributed by atoms with Gasteiger partial charge in [-0.1, -0.05) is 25.3 Å². The smallest absolute Gasteiger partial charge is 0.411 e. The summed E-state index contributed by atoms with van der Waals surface area (Å²) in [6.07, 6.45) is 4.51. The molecule has 1 saturated carbocycles. The van der Waals surface area contributed by atoms with Gasteiger partial charge in [0.15, 0.2) is 0 Å². The molecule has 10 nitrogen and oxygen atoms in total. The van der Waals surface area contributed by atoms with Gasteiger partial charge in [0.05, 0.1) is 7.11 Å². The SMILES string of the molecule is COC(=O)Nc1cccc(NC(=O)N2CCN(S(=O)(=O)N(C)C3CCCCC3)CC2)c1. The zero-order valence-electron chi connectivity index (χ0n) is 18.0. The van der Waals surface area contributed by atoms with Crippen molar-refractivity contribution in [1.82, 2.24) is 13.5 Å². The summed E-state index contributed by atoms with van der Waals surface area (Å²) >= 11 is 0. The normalized spacial score (nSPS) is 18.6. The molecular weight excluding hydrogens is 422 g/mol. The number of rotatable bonds is 5. The maximum atomic E-state index is 13.0. The lowest BCUT2D eigenvalue weighted by Gasteiger charge is -2.38. The molecular formula is C20H31N5O5S. The molecule has 1 aromatic rings. The maximum Gasteiger partial charge on any atom is 0.411 e. The van der Waals surface area contributed by atoms with Gasteiger partial charge in [-0.2, -0.15) is 17.0 Å². The summed E-state index contributed by atoms with van der Waals surface area (Å²) in [7, 11) is -0.595. The van der Waals surface area contributed by atoms with E-state index in [1.165, 1.54) is 22.1 Å². The number of urea groups is 1. The van der Waals surface area contributed by atoms with Crippen LogP contribution in [-0.4, -0.2) is 80.4 Å². The van der Waals surface area contributed by atoms with Gasteiger partial charge in [0.25, 0.3) is 10.2 Å². The third kappa shape index (κ3) is 5.86. The summed E-state index contributed by atoms with van der Waals surface area (Å²) in [4.78, 5) is 25.5. The molecule has 0 unspecified atom stereocenters. The summed E-state index contributed by atoms with van der Waals surface area (Å²) in [6.45, 7) is 1.14. The highest BCUT2D eigenvalue weighted by Crippen LogP contribution is 2.25. The molecule has 0 atom stereocenters. The molecule has 0 bridgehead atoms. The van der Waals surface area contributed by atoms with Crippen molar-refractivity contribution in [3.63, 3.8) is 0 Å². The van der Waals surface area contributed by atoms with Crippen LogP contribution in [0.25, 0.3) is 0 Å². The molecule has 2 fully saturated rings. The summed E-state index contributed by atoms with van der Waals surface area (Å²) in [5, 5.41) is 5.33. The Morgan fingerprint density at radius 2 is 1.65 bits per heavy atom. The second-order valence-electron chi connectivity index (χ2n) is 7.83. The molecule has 2 aliphatic rings. The van der Waals surface area contributed by atoms with Crippen LogP contribution in [0.3, 0.4) is 0 Å². The zero-order valence-corrected chi connectivity index (χ0v) is 18.9. The van der Waals surface area contributed by atoms with Crippen molar-refractivity contribution < 1.29 is 22.7 Å². The molecule has 3 amide bonds. The highest BCUT2D eigenvalue weighted by Gasteiger charge is 2.35. The largest absolute Gasteiger partial charge is 0.453 e. The summed E-state index contributed by atoms with van der Waals surface area (Å²) in [5.74, 6) is 0. The highest BCUT2D eigenvalue weighted by atomic mass is 32.2. The first-order valence-corrected chi connectivity index (χ1v) is 11.9. The highest BCUT2D eigenvalue weighted by molar-refractivity contribution is 7.86. The molecule has 172 valence electrons. The van der Waals surface area contributed by atoms with Gasteiger partial charge in [0, 0.05) is 50.6 Å². The molecule has 11 heteroatoms. The average molecular weight is 454 g/mol. The van der Waals surface area contributed by atoms with E-state index in [4.69, 9.17) is 0 Å². The van der Waals surface area contributed by atoms with Crippen LogP contribution in [0.5, 0.6) is 0 Å². The van der Waals surface area contributed by atoms with E-state index in [9.17, 15) is 18.0 Å². The quantitative estimate of drug-likeness (QED) is 0.712. The maximum absolute atomic E-state index is 13.0. The fourth-order valence-electron chi connectivity index (χ4n) is 3.98. The lowest BCUT2D eigenvalue weighted by molar-refractivity contribution is 0.178. The Hall–Kier alpha value is -2.37. The van der Waals surface area contributed by atoms with Crippen LogP contribution in [0.2, 0.25) is 0 Å². The van der Waals surface area contributed by atoms with Crippen molar-refractivity contribution in [2.24, 2.45) is 0 Å². The topological polar surface area (TPSA) is 111 Å². The van der Waals surface area contributed by atoms with E-state index in [1.54, 1.807) is 36.2 Å². The first-order valence-electron chi connectivity index (χ1n) is 10.6. The number of amides is 3. The van der Waals surface area contributed by atoms with Gasteiger partial charge >= 0.3 is 12.1 Å². The number of nitrogens with zero attached hydrogens (tertiary/aromatic N) is 3. The van der Waals surface area contributed by atoms with Crippen LogP contribution in [0.4, 0.5) is 21.0 Å². The Morgan fingerprint density at radius 1 is 1.03 bits per heavy atom. The Morgan fingerprint density at radius 3 is 2.26 bits per heavy atom. The van der Waals surface area contributed by atoms with E-state index < -0.39 is 16.3 Å². The Labute approximate surface area is 183 Å². The molecule has 3 rings (SSSR count). The van der Waals surface area contributed by atoms with Gasteiger partial charge < -0.3 is 15.0 Å². The second kappa shape index (κ2) is 10.3. The number of anilines is 2. The molecule has 31 heavy (non-hydrogen) atoms. The predicted octanol–water partition coefficient (Wildman–Crippen LogP) is 2.52. The molecule has 2 N–H and O–H groups in total. The van der Waals surface area contributed by atoms with Crippen molar-refractivity contribution in [2.75, 3.05) is 51.0 Å². The van der Waals surface area contributed by atoms with Crippen molar-refractivity contribution in [3.05, 3.63) is 24.3 Å². The molecule has 1 saturated heterocycles. The second-order valence-corrected chi connectivity index (χ2v) is 9.82. The third-order valence-corrected chi connectivity index (χ3v) is 7.89. The van der Waals surface area contributed by atoms with E-state index in [2.05, 4.69) is 15.4 Å². The van der Waals surface area contributed by atoms with Gasteiger partial charge in [-0.05, 0) is 31.0 Å². The van der Waals surface area contributed by atoms with E-state index in [0.717, 1.165) is 25.7 Å². The predicted molar refractivity (Wildman–Crippen MR) is 118 cm³/mol. The summed E-state index contributed by atoms with van der Waals surface area (Å²) in [5.41, 5.74) is 1.01. The number of hydrogen-bond acceptors (Lipinski definition) is 5. The monoisotopic (exact) mass is 453 g/mol. The van der Waals surface area contributed by atoms with E-state index in [1.807, 2.05) is 0 Å². The van der Waals surface area contributed by atoms with Crippen LogP contribution in [-0.2, 0) is 14.9 Å². The van der Waals surface area contributed by atoms with Gasteiger partial charge in [-0.3, -0.25) is 5.32 Å². The first-order chi connectivity index (χ1) is 14.8. The third-order valence-electron chi connectivity index (χ3n) is 5.85. The van der Waals surface area contributed by atoms with Gasteiger partial charge in [0.2, 0.25) is 0 Å². The molecule has 0 radical (unpaired) electrons.